The molecule has 3 rings (SSSR count). The third-order valence-corrected chi connectivity index (χ3v) is 4.36. The van der Waals surface area contributed by atoms with Crippen LogP contribution in [0.5, 0.6) is 0 Å². The number of carbonyl (C=O) groups excluding carboxylic acids is 2. The summed E-state index contributed by atoms with van der Waals surface area (Å²) in [4.78, 5) is 28.6. The van der Waals surface area contributed by atoms with Crippen molar-refractivity contribution in [3.63, 3.8) is 0 Å². The van der Waals surface area contributed by atoms with E-state index in [1.54, 1.807) is 43.3 Å². The van der Waals surface area contributed by atoms with E-state index in [4.69, 9.17) is 16.3 Å². The Morgan fingerprint density at radius 2 is 2.00 bits per heavy atom. The molecule has 1 aliphatic heterocycles. The first kappa shape index (κ1) is 20.5. The molecule has 1 amide bonds. The molecule has 150 valence electrons. The summed E-state index contributed by atoms with van der Waals surface area (Å²) in [5.41, 5.74) is 2.11. The maximum absolute atomic E-state index is 14.5. The highest BCUT2D eigenvalue weighted by Gasteiger charge is 2.24. The van der Waals surface area contributed by atoms with Crippen LogP contribution in [0.15, 0.2) is 58.9 Å². The molecule has 0 radical (unpaired) electrons. The van der Waals surface area contributed by atoms with E-state index in [2.05, 4.69) is 15.6 Å². The summed E-state index contributed by atoms with van der Waals surface area (Å²) in [5, 5.41) is 6.08. The van der Waals surface area contributed by atoms with Crippen molar-refractivity contribution >= 4 is 34.9 Å². The van der Waals surface area contributed by atoms with Crippen molar-refractivity contribution in [3.05, 3.63) is 75.8 Å². The number of anilines is 1. The van der Waals surface area contributed by atoms with Gasteiger partial charge in [0.2, 0.25) is 5.91 Å². The zero-order chi connectivity index (χ0) is 21.0. The quantitative estimate of drug-likeness (QED) is 0.590. The second kappa shape index (κ2) is 8.87. The highest BCUT2D eigenvalue weighted by Crippen LogP contribution is 2.29. The number of aliphatic imine (C=N–C) groups is 1. The summed E-state index contributed by atoms with van der Waals surface area (Å²) < 4.78 is 19.5. The Hall–Kier alpha value is -3.19. The number of ether oxygens (including phenoxy) is 1. The standard InChI is InChI=1S/C21H19ClFN3O3/c1-3-29-21(28)20(25-12(2)27)18-11-24-19(14-6-4-5-7-16(14)23)15-10-13(22)8-9-17(15)26-18/h4-10,26H,3,11H2,1-2H3,(H,25,27). The number of hydrogen-bond donors (Lipinski definition) is 2. The van der Waals surface area contributed by atoms with Gasteiger partial charge in [-0.15, -0.1) is 0 Å². The molecule has 0 saturated carbocycles. The molecule has 2 N–H and O–H groups in total. The Bertz CT molecular complexity index is 1030. The molecule has 0 aromatic heterocycles. The summed E-state index contributed by atoms with van der Waals surface area (Å²) >= 11 is 6.16. The number of benzene rings is 2. The van der Waals surface area contributed by atoms with Crippen LogP contribution in [0.25, 0.3) is 0 Å². The molecule has 8 heteroatoms. The van der Waals surface area contributed by atoms with E-state index in [1.165, 1.54) is 13.0 Å². The van der Waals surface area contributed by atoms with Crippen LogP contribution < -0.4 is 10.6 Å². The predicted molar refractivity (Wildman–Crippen MR) is 109 cm³/mol. The first-order valence-electron chi connectivity index (χ1n) is 8.94. The van der Waals surface area contributed by atoms with E-state index in [0.717, 1.165) is 0 Å². The van der Waals surface area contributed by atoms with Crippen molar-refractivity contribution in [2.24, 2.45) is 4.99 Å². The van der Waals surface area contributed by atoms with Crippen LogP contribution in [0.2, 0.25) is 5.02 Å². The molecule has 0 atom stereocenters. The summed E-state index contributed by atoms with van der Waals surface area (Å²) in [5.74, 6) is -1.55. The highest BCUT2D eigenvalue weighted by molar-refractivity contribution is 6.31. The van der Waals surface area contributed by atoms with Gasteiger partial charge in [0.15, 0.2) is 0 Å². The number of nitrogens with one attached hydrogen (secondary N) is 2. The fourth-order valence-electron chi connectivity index (χ4n) is 2.92. The Balaban J connectivity index is 2.19. The van der Waals surface area contributed by atoms with Crippen molar-refractivity contribution in [2.75, 3.05) is 18.5 Å². The number of benzodiazepines with no additional fused rings is 1. The number of nitrogens with zero attached hydrogens (tertiary/aromatic N) is 1. The summed E-state index contributed by atoms with van der Waals surface area (Å²) in [7, 11) is 0. The van der Waals surface area contributed by atoms with Gasteiger partial charge in [0.1, 0.15) is 11.5 Å². The summed E-state index contributed by atoms with van der Waals surface area (Å²) in [6.45, 7) is 3.09. The lowest BCUT2D eigenvalue weighted by Crippen LogP contribution is -2.30. The van der Waals surface area contributed by atoms with E-state index in [0.29, 0.717) is 33.2 Å². The number of amides is 1. The van der Waals surface area contributed by atoms with Gasteiger partial charge in [-0.3, -0.25) is 9.79 Å². The average Bonchev–Trinajstić information content (AvgIpc) is 2.86. The minimum Gasteiger partial charge on any atom is -0.461 e. The largest absolute Gasteiger partial charge is 0.461 e. The van der Waals surface area contributed by atoms with Crippen LogP contribution in [-0.2, 0) is 14.3 Å². The van der Waals surface area contributed by atoms with E-state index >= 15 is 0 Å². The van der Waals surface area contributed by atoms with Crippen LogP contribution in [0.1, 0.15) is 25.0 Å². The van der Waals surface area contributed by atoms with Crippen LogP contribution in [-0.4, -0.2) is 30.7 Å². The maximum Gasteiger partial charge on any atom is 0.356 e. The molecule has 2 aromatic carbocycles. The van der Waals surface area contributed by atoms with E-state index in [1.807, 2.05) is 0 Å². The van der Waals surface area contributed by atoms with Gasteiger partial charge in [-0.2, -0.15) is 0 Å². The Kier molecular flexibility index (Phi) is 6.29. The molecule has 0 spiro atoms. The van der Waals surface area contributed by atoms with Gasteiger partial charge in [-0.25, -0.2) is 9.18 Å². The molecular weight excluding hydrogens is 397 g/mol. The Labute approximate surface area is 172 Å². The Morgan fingerprint density at radius 1 is 1.24 bits per heavy atom. The van der Waals surface area contributed by atoms with E-state index in [9.17, 15) is 14.0 Å². The minimum absolute atomic E-state index is 0.00953. The smallest absolute Gasteiger partial charge is 0.356 e. The zero-order valence-corrected chi connectivity index (χ0v) is 16.6. The topological polar surface area (TPSA) is 79.8 Å². The fourth-order valence-corrected chi connectivity index (χ4v) is 3.09. The number of hydrogen-bond acceptors (Lipinski definition) is 5. The lowest BCUT2D eigenvalue weighted by molar-refractivity contribution is -0.140. The second-order valence-electron chi connectivity index (χ2n) is 6.21. The fraction of sp³-hybridized carbons (Fsp3) is 0.190. The lowest BCUT2D eigenvalue weighted by Gasteiger charge is -2.15. The van der Waals surface area contributed by atoms with Crippen LogP contribution in [0.4, 0.5) is 10.1 Å². The zero-order valence-electron chi connectivity index (χ0n) is 15.9. The van der Waals surface area contributed by atoms with Crippen LogP contribution in [0.3, 0.4) is 0 Å². The van der Waals surface area contributed by atoms with Crippen molar-refractivity contribution in [3.8, 4) is 0 Å². The molecule has 2 aromatic rings. The summed E-state index contributed by atoms with van der Waals surface area (Å²) in [6, 6.07) is 11.3. The predicted octanol–water partition coefficient (Wildman–Crippen LogP) is 3.65. The lowest BCUT2D eigenvalue weighted by atomic mass is 10.00. The molecule has 0 bridgehead atoms. The molecule has 1 aliphatic rings. The molecule has 0 unspecified atom stereocenters. The molecule has 0 aliphatic carbocycles. The third kappa shape index (κ3) is 4.63. The van der Waals surface area contributed by atoms with Gasteiger partial charge in [0.05, 0.1) is 24.6 Å². The molecule has 1 heterocycles. The van der Waals surface area contributed by atoms with Gasteiger partial charge in [-0.05, 0) is 37.3 Å². The van der Waals surface area contributed by atoms with E-state index in [-0.39, 0.29) is 18.8 Å². The SMILES string of the molecule is CCOC(=O)C(NC(C)=O)=C1CN=C(c2ccccc2F)c2cc(Cl)ccc2N1. The van der Waals surface area contributed by atoms with Crippen molar-refractivity contribution in [1.82, 2.24) is 5.32 Å². The molecule has 29 heavy (non-hydrogen) atoms. The van der Waals surface area contributed by atoms with Gasteiger partial charge >= 0.3 is 5.97 Å². The monoisotopic (exact) mass is 415 g/mol. The average molecular weight is 416 g/mol. The van der Waals surface area contributed by atoms with Crippen LogP contribution in [0, 0.1) is 5.82 Å². The second-order valence-corrected chi connectivity index (χ2v) is 6.65. The van der Waals surface area contributed by atoms with Crippen molar-refractivity contribution in [2.45, 2.75) is 13.8 Å². The summed E-state index contributed by atoms with van der Waals surface area (Å²) in [6.07, 6.45) is 0. The normalized spacial score (nSPS) is 14.7. The number of esters is 1. The maximum atomic E-state index is 14.5. The first-order chi connectivity index (χ1) is 13.9. The van der Waals surface area contributed by atoms with Crippen molar-refractivity contribution in [1.29, 1.82) is 0 Å². The first-order valence-corrected chi connectivity index (χ1v) is 9.32. The molecule has 6 nitrogen and oxygen atoms in total. The van der Waals surface area contributed by atoms with E-state index < -0.39 is 17.7 Å². The number of carbonyl (C=O) groups is 2. The third-order valence-electron chi connectivity index (χ3n) is 4.13. The molecule has 0 fully saturated rings. The minimum atomic E-state index is -0.690. The number of fused-ring (bicyclic) bond motifs is 1. The number of rotatable bonds is 4. The van der Waals surface area contributed by atoms with Gasteiger partial charge in [0.25, 0.3) is 0 Å². The molecular formula is C21H19ClFN3O3. The highest BCUT2D eigenvalue weighted by atomic mass is 35.5. The van der Waals surface area contributed by atoms with Gasteiger partial charge in [0, 0.05) is 28.8 Å². The Morgan fingerprint density at radius 3 is 2.69 bits per heavy atom. The van der Waals surface area contributed by atoms with Crippen molar-refractivity contribution < 1.29 is 18.7 Å². The van der Waals surface area contributed by atoms with Crippen LogP contribution >= 0.6 is 11.6 Å². The van der Waals surface area contributed by atoms with Gasteiger partial charge < -0.3 is 15.4 Å². The number of halogens is 2. The molecule has 0 saturated heterocycles. The van der Waals surface area contributed by atoms with Gasteiger partial charge in [-0.1, -0.05) is 23.7 Å².